The number of nitrogens with zero attached hydrogens (tertiary/aromatic N) is 5. The molecule has 6 nitrogen and oxygen atoms in total. The first-order valence-electron chi connectivity index (χ1n) is 8.58. The smallest absolute Gasteiger partial charge is 0.243 e. The lowest BCUT2D eigenvalue weighted by Crippen LogP contribution is -2.51. The molecule has 1 saturated carbocycles. The molecule has 3 heterocycles. The fraction of sp³-hybridized carbons (Fsp3) is 0.421. The molecular weight excluding hydrogens is 314 g/mol. The third kappa shape index (κ3) is 2.66. The number of amides is 1. The van der Waals surface area contributed by atoms with Gasteiger partial charge in [-0.1, -0.05) is 6.92 Å². The van der Waals surface area contributed by atoms with Gasteiger partial charge in [-0.3, -0.25) is 9.78 Å². The predicted octanol–water partition coefficient (Wildman–Crippen LogP) is 2.36. The Morgan fingerprint density at radius 1 is 1.32 bits per heavy atom. The molecule has 2 aromatic heterocycles. The fourth-order valence-corrected chi connectivity index (χ4v) is 3.91. The molecule has 1 aliphatic carbocycles. The number of fused-ring (bicyclic) bond motifs is 1. The summed E-state index contributed by atoms with van der Waals surface area (Å²) in [5.74, 6) is 0.422. The quantitative estimate of drug-likeness (QED) is 0.842. The number of pyridine rings is 1. The van der Waals surface area contributed by atoms with Gasteiger partial charge in [0.2, 0.25) is 5.91 Å². The van der Waals surface area contributed by atoms with Crippen molar-refractivity contribution in [3.8, 4) is 17.3 Å². The molecule has 0 radical (unpaired) electrons. The van der Waals surface area contributed by atoms with Gasteiger partial charge in [0, 0.05) is 37.5 Å². The van der Waals surface area contributed by atoms with E-state index >= 15 is 0 Å². The SMILES string of the molecule is CC1CC(C#N)(C(=O)N2CCc3nnc(-c4ccncc4)cc3C2)C1. The fourth-order valence-electron chi connectivity index (χ4n) is 3.91. The van der Waals surface area contributed by atoms with Crippen LogP contribution in [0.2, 0.25) is 0 Å². The van der Waals surface area contributed by atoms with Crippen molar-refractivity contribution >= 4 is 5.91 Å². The second kappa shape index (κ2) is 5.92. The van der Waals surface area contributed by atoms with E-state index < -0.39 is 5.41 Å². The molecular formula is C19H19N5O. The highest BCUT2D eigenvalue weighted by Crippen LogP contribution is 2.46. The van der Waals surface area contributed by atoms with E-state index in [1.54, 1.807) is 12.4 Å². The van der Waals surface area contributed by atoms with E-state index in [1.165, 1.54) is 0 Å². The third-order valence-electron chi connectivity index (χ3n) is 5.22. The maximum Gasteiger partial charge on any atom is 0.243 e. The topological polar surface area (TPSA) is 82.8 Å². The lowest BCUT2D eigenvalue weighted by Gasteiger charge is -2.43. The summed E-state index contributed by atoms with van der Waals surface area (Å²) in [5.41, 5.74) is 2.88. The van der Waals surface area contributed by atoms with Crippen LogP contribution in [0, 0.1) is 22.7 Å². The first kappa shape index (κ1) is 15.7. The molecule has 0 spiro atoms. The first-order chi connectivity index (χ1) is 12.1. The minimum absolute atomic E-state index is 0.0268. The zero-order chi connectivity index (χ0) is 17.4. The van der Waals surface area contributed by atoms with Crippen molar-refractivity contribution in [2.75, 3.05) is 6.54 Å². The summed E-state index contributed by atoms with van der Waals surface area (Å²) in [7, 11) is 0. The molecule has 0 aromatic carbocycles. The summed E-state index contributed by atoms with van der Waals surface area (Å²) >= 11 is 0. The molecule has 0 unspecified atom stereocenters. The summed E-state index contributed by atoms with van der Waals surface area (Å²) in [6, 6.07) is 8.06. The van der Waals surface area contributed by atoms with Crippen LogP contribution in [-0.2, 0) is 17.8 Å². The lowest BCUT2D eigenvalue weighted by molar-refractivity contribution is -0.146. The Bertz CT molecular complexity index is 852. The van der Waals surface area contributed by atoms with Crippen molar-refractivity contribution in [2.45, 2.75) is 32.7 Å². The molecule has 1 aliphatic heterocycles. The van der Waals surface area contributed by atoms with Gasteiger partial charge >= 0.3 is 0 Å². The molecule has 0 atom stereocenters. The van der Waals surface area contributed by atoms with Gasteiger partial charge < -0.3 is 4.90 Å². The highest BCUT2D eigenvalue weighted by Gasteiger charge is 2.51. The summed E-state index contributed by atoms with van der Waals surface area (Å²) in [6.07, 6.45) is 5.47. The molecule has 1 amide bonds. The van der Waals surface area contributed by atoms with Crippen LogP contribution in [0.1, 0.15) is 31.0 Å². The highest BCUT2D eigenvalue weighted by atomic mass is 16.2. The highest BCUT2D eigenvalue weighted by molar-refractivity contribution is 5.86. The van der Waals surface area contributed by atoms with Crippen molar-refractivity contribution in [2.24, 2.45) is 11.3 Å². The second-order valence-corrected chi connectivity index (χ2v) is 7.12. The summed E-state index contributed by atoms with van der Waals surface area (Å²) in [4.78, 5) is 18.7. The van der Waals surface area contributed by atoms with E-state index in [0.717, 1.165) is 22.5 Å². The molecule has 0 bridgehead atoms. The average Bonchev–Trinajstić information content (AvgIpc) is 2.64. The second-order valence-electron chi connectivity index (χ2n) is 7.12. The summed E-state index contributed by atoms with van der Waals surface area (Å²) in [6.45, 7) is 3.19. The van der Waals surface area contributed by atoms with Crippen molar-refractivity contribution in [3.05, 3.63) is 41.9 Å². The van der Waals surface area contributed by atoms with Crippen molar-refractivity contribution < 1.29 is 4.79 Å². The van der Waals surface area contributed by atoms with Gasteiger partial charge in [-0.05, 0) is 42.5 Å². The number of nitriles is 1. The van der Waals surface area contributed by atoms with Crippen molar-refractivity contribution in [3.63, 3.8) is 0 Å². The van der Waals surface area contributed by atoms with Gasteiger partial charge in [0.25, 0.3) is 0 Å². The maximum atomic E-state index is 12.9. The molecule has 2 aromatic rings. The number of rotatable bonds is 2. The van der Waals surface area contributed by atoms with E-state index in [4.69, 9.17) is 0 Å². The minimum Gasteiger partial charge on any atom is -0.337 e. The minimum atomic E-state index is -0.814. The third-order valence-corrected chi connectivity index (χ3v) is 5.22. The van der Waals surface area contributed by atoms with Crippen LogP contribution < -0.4 is 0 Å². The Balaban J connectivity index is 1.58. The summed E-state index contributed by atoms with van der Waals surface area (Å²) in [5, 5.41) is 18.2. The van der Waals surface area contributed by atoms with Gasteiger partial charge in [-0.15, -0.1) is 0 Å². The van der Waals surface area contributed by atoms with E-state index in [9.17, 15) is 10.1 Å². The van der Waals surface area contributed by atoms with Gasteiger partial charge in [0.05, 0.1) is 17.5 Å². The van der Waals surface area contributed by atoms with Crippen LogP contribution in [0.15, 0.2) is 30.6 Å². The van der Waals surface area contributed by atoms with E-state index in [1.807, 2.05) is 23.1 Å². The molecule has 25 heavy (non-hydrogen) atoms. The molecule has 0 N–H and O–H groups in total. The van der Waals surface area contributed by atoms with Crippen molar-refractivity contribution in [1.29, 1.82) is 5.26 Å². The first-order valence-corrected chi connectivity index (χ1v) is 8.58. The Kier molecular flexibility index (Phi) is 3.72. The number of carbonyl (C=O) groups is 1. The van der Waals surface area contributed by atoms with E-state index in [-0.39, 0.29) is 5.91 Å². The van der Waals surface area contributed by atoms with Crippen LogP contribution in [0.25, 0.3) is 11.3 Å². The largest absolute Gasteiger partial charge is 0.337 e. The zero-order valence-corrected chi connectivity index (χ0v) is 14.1. The van der Waals surface area contributed by atoms with Crippen LogP contribution in [0.3, 0.4) is 0 Å². The maximum absolute atomic E-state index is 12.9. The van der Waals surface area contributed by atoms with E-state index in [0.29, 0.717) is 38.3 Å². The molecule has 4 rings (SSSR count). The number of hydrogen-bond donors (Lipinski definition) is 0. The molecule has 6 heteroatoms. The standard InChI is InChI=1S/C19H19N5O/c1-13-9-19(10-13,12-20)18(25)24-7-4-16-15(11-24)8-17(23-22-16)14-2-5-21-6-3-14/h2-3,5-6,8,13H,4,7,9-11H2,1H3. The molecule has 2 aliphatic rings. The Morgan fingerprint density at radius 2 is 2.08 bits per heavy atom. The number of hydrogen-bond acceptors (Lipinski definition) is 5. The predicted molar refractivity (Wildman–Crippen MR) is 90.8 cm³/mol. The number of carbonyl (C=O) groups excluding carboxylic acids is 1. The zero-order valence-electron chi connectivity index (χ0n) is 14.1. The average molecular weight is 333 g/mol. The normalized spacial score (nSPS) is 24.8. The van der Waals surface area contributed by atoms with Gasteiger partial charge in [0.15, 0.2) is 0 Å². The van der Waals surface area contributed by atoms with Crippen LogP contribution in [-0.4, -0.2) is 32.5 Å². The van der Waals surface area contributed by atoms with Gasteiger partial charge in [0.1, 0.15) is 5.41 Å². The van der Waals surface area contributed by atoms with Crippen LogP contribution in [0.4, 0.5) is 0 Å². The Morgan fingerprint density at radius 3 is 2.76 bits per heavy atom. The molecule has 1 fully saturated rings. The Labute approximate surface area is 146 Å². The van der Waals surface area contributed by atoms with Crippen LogP contribution >= 0.6 is 0 Å². The number of aromatic nitrogens is 3. The van der Waals surface area contributed by atoms with Gasteiger partial charge in [-0.2, -0.15) is 15.5 Å². The molecule has 126 valence electrons. The van der Waals surface area contributed by atoms with Crippen LogP contribution in [0.5, 0.6) is 0 Å². The Hall–Kier alpha value is -2.81. The van der Waals surface area contributed by atoms with Gasteiger partial charge in [-0.25, -0.2) is 0 Å². The van der Waals surface area contributed by atoms with E-state index in [2.05, 4.69) is 28.2 Å². The van der Waals surface area contributed by atoms with Crippen molar-refractivity contribution in [1.82, 2.24) is 20.1 Å². The monoisotopic (exact) mass is 333 g/mol. The summed E-state index contributed by atoms with van der Waals surface area (Å²) < 4.78 is 0. The molecule has 0 saturated heterocycles. The lowest BCUT2D eigenvalue weighted by atomic mass is 9.62.